The number of carbonyl (C=O) groups is 1. The maximum atomic E-state index is 12.5. The van der Waals surface area contributed by atoms with Crippen LogP contribution in [0.5, 0.6) is 0 Å². The lowest BCUT2D eigenvalue weighted by Gasteiger charge is -2.33. The molecule has 0 radical (unpaired) electrons. The van der Waals surface area contributed by atoms with Crippen molar-refractivity contribution in [2.24, 2.45) is 11.3 Å². The number of hydrogen-bond acceptors (Lipinski definition) is 3. The predicted molar refractivity (Wildman–Crippen MR) is 89.8 cm³/mol. The van der Waals surface area contributed by atoms with Gasteiger partial charge in [0.25, 0.3) is 0 Å². The first-order valence-corrected chi connectivity index (χ1v) is 9.06. The summed E-state index contributed by atoms with van der Waals surface area (Å²) in [6, 6.07) is 0.506. The molecule has 2 N–H and O–H groups in total. The smallest absolute Gasteiger partial charge is 0.225 e. The third kappa shape index (κ3) is 5.24. The van der Waals surface area contributed by atoms with E-state index < -0.39 is 0 Å². The molecule has 2 rings (SSSR count). The van der Waals surface area contributed by atoms with Crippen molar-refractivity contribution in [2.75, 3.05) is 20.2 Å². The van der Waals surface area contributed by atoms with Crippen LogP contribution in [0.3, 0.4) is 0 Å². The maximum absolute atomic E-state index is 12.5. The lowest BCUT2D eigenvalue weighted by Crippen LogP contribution is -2.45. The number of rotatable bonds is 6. The summed E-state index contributed by atoms with van der Waals surface area (Å²) in [5, 5.41) is 6.76. The standard InChI is InChI=1S/C18H34N2O2/c1-18(2,12-15-6-4-5-11-19-15)17(21)20-13-14-7-9-16(22-3)10-8-14/h14-16,19H,4-13H2,1-3H3,(H,20,21)/t14?,15-,16?/m0/s1. The molecule has 1 heterocycles. The maximum Gasteiger partial charge on any atom is 0.225 e. The van der Waals surface area contributed by atoms with Gasteiger partial charge in [0.1, 0.15) is 0 Å². The average molecular weight is 310 g/mol. The number of hydrogen-bond donors (Lipinski definition) is 2. The molecule has 2 aliphatic rings. The molecule has 1 amide bonds. The van der Waals surface area contributed by atoms with E-state index in [1.54, 1.807) is 7.11 Å². The summed E-state index contributed by atoms with van der Waals surface area (Å²) in [5.41, 5.74) is -0.279. The summed E-state index contributed by atoms with van der Waals surface area (Å²) in [5.74, 6) is 0.840. The third-order valence-corrected chi connectivity index (χ3v) is 5.46. The van der Waals surface area contributed by atoms with Gasteiger partial charge in [0.05, 0.1) is 6.10 Å². The fourth-order valence-electron chi connectivity index (χ4n) is 3.85. The second-order valence-corrected chi connectivity index (χ2v) is 7.82. The Bertz CT molecular complexity index is 343. The van der Waals surface area contributed by atoms with Crippen LogP contribution in [0.2, 0.25) is 0 Å². The van der Waals surface area contributed by atoms with E-state index in [0.717, 1.165) is 32.4 Å². The molecular formula is C18H34N2O2. The fourth-order valence-corrected chi connectivity index (χ4v) is 3.85. The van der Waals surface area contributed by atoms with E-state index in [4.69, 9.17) is 4.74 Å². The lowest BCUT2D eigenvalue weighted by atomic mass is 9.82. The average Bonchev–Trinajstić information content (AvgIpc) is 2.53. The Kier molecular flexibility index (Phi) is 6.69. The molecule has 2 fully saturated rings. The predicted octanol–water partition coefficient (Wildman–Crippen LogP) is 2.87. The minimum Gasteiger partial charge on any atom is -0.381 e. The summed E-state index contributed by atoms with van der Waals surface area (Å²) < 4.78 is 5.41. The van der Waals surface area contributed by atoms with Gasteiger partial charge in [-0.15, -0.1) is 0 Å². The number of piperidine rings is 1. The fraction of sp³-hybridized carbons (Fsp3) is 0.944. The summed E-state index contributed by atoms with van der Waals surface area (Å²) in [4.78, 5) is 12.5. The van der Waals surface area contributed by atoms with Crippen LogP contribution in [0.4, 0.5) is 0 Å². The SMILES string of the molecule is COC1CCC(CNC(=O)C(C)(C)C[C@@H]2CCCCN2)CC1. The highest BCUT2D eigenvalue weighted by atomic mass is 16.5. The number of methoxy groups -OCH3 is 1. The van der Waals surface area contributed by atoms with Gasteiger partial charge >= 0.3 is 0 Å². The molecule has 1 saturated heterocycles. The molecule has 0 bridgehead atoms. The van der Waals surface area contributed by atoms with Crippen LogP contribution in [0.1, 0.15) is 65.2 Å². The van der Waals surface area contributed by atoms with Crippen molar-refractivity contribution < 1.29 is 9.53 Å². The number of ether oxygens (including phenoxy) is 1. The Labute approximate surface area is 135 Å². The van der Waals surface area contributed by atoms with Crippen LogP contribution < -0.4 is 10.6 Å². The van der Waals surface area contributed by atoms with Crippen molar-refractivity contribution in [1.29, 1.82) is 0 Å². The first-order valence-electron chi connectivity index (χ1n) is 9.06. The van der Waals surface area contributed by atoms with Crippen LogP contribution in [0.15, 0.2) is 0 Å². The van der Waals surface area contributed by atoms with E-state index in [0.29, 0.717) is 18.1 Å². The molecule has 0 aromatic heterocycles. The molecule has 128 valence electrons. The monoisotopic (exact) mass is 310 g/mol. The molecular weight excluding hydrogens is 276 g/mol. The Morgan fingerprint density at radius 3 is 2.50 bits per heavy atom. The zero-order valence-electron chi connectivity index (χ0n) is 14.6. The van der Waals surface area contributed by atoms with E-state index in [1.807, 2.05) is 0 Å². The normalized spacial score (nSPS) is 30.0. The Hall–Kier alpha value is -0.610. The number of amides is 1. The van der Waals surface area contributed by atoms with E-state index in [9.17, 15) is 4.79 Å². The van der Waals surface area contributed by atoms with Gasteiger partial charge < -0.3 is 15.4 Å². The van der Waals surface area contributed by atoms with Crippen molar-refractivity contribution in [3.8, 4) is 0 Å². The van der Waals surface area contributed by atoms with E-state index >= 15 is 0 Å². The quantitative estimate of drug-likeness (QED) is 0.793. The van der Waals surface area contributed by atoms with Crippen LogP contribution in [-0.2, 0) is 9.53 Å². The highest BCUT2D eigenvalue weighted by Crippen LogP contribution is 2.28. The van der Waals surface area contributed by atoms with Gasteiger partial charge in [-0.25, -0.2) is 0 Å². The van der Waals surface area contributed by atoms with Crippen LogP contribution in [0.25, 0.3) is 0 Å². The van der Waals surface area contributed by atoms with E-state index in [1.165, 1.54) is 32.1 Å². The Morgan fingerprint density at radius 2 is 1.91 bits per heavy atom. The molecule has 4 nitrogen and oxygen atoms in total. The van der Waals surface area contributed by atoms with Crippen molar-refractivity contribution >= 4 is 5.91 Å². The van der Waals surface area contributed by atoms with Gasteiger partial charge in [-0.05, 0) is 57.4 Å². The number of carbonyl (C=O) groups excluding carboxylic acids is 1. The summed E-state index contributed by atoms with van der Waals surface area (Å²) in [6.07, 6.45) is 9.74. The van der Waals surface area contributed by atoms with Gasteiger partial charge in [0.15, 0.2) is 0 Å². The zero-order valence-corrected chi connectivity index (χ0v) is 14.6. The molecule has 4 heteroatoms. The molecule has 0 unspecified atom stereocenters. The molecule has 1 saturated carbocycles. The second-order valence-electron chi connectivity index (χ2n) is 7.82. The molecule has 1 aliphatic carbocycles. The first-order chi connectivity index (χ1) is 10.5. The van der Waals surface area contributed by atoms with Gasteiger partial charge in [-0.3, -0.25) is 4.79 Å². The van der Waals surface area contributed by atoms with Crippen LogP contribution in [-0.4, -0.2) is 38.3 Å². The molecule has 0 spiro atoms. The van der Waals surface area contributed by atoms with Gasteiger partial charge in [-0.1, -0.05) is 20.3 Å². The summed E-state index contributed by atoms with van der Waals surface area (Å²) >= 11 is 0. The lowest BCUT2D eigenvalue weighted by molar-refractivity contribution is -0.130. The molecule has 1 aliphatic heterocycles. The number of nitrogens with one attached hydrogen (secondary N) is 2. The molecule has 0 aromatic carbocycles. The first kappa shape index (κ1) is 17.7. The highest BCUT2D eigenvalue weighted by Gasteiger charge is 2.32. The minimum absolute atomic E-state index is 0.216. The Morgan fingerprint density at radius 1 is 1.18 bits per heavy atom. The van der Waals surface area contributed by atoms with Crippen molar-refractivity contribution in [2.45, 2.75) is 77.4 Å². The van der Waals surface area contributed by atoms with Crippen LogP contribution >= 0.6 is 0 Å². The molecule has 22 heavy (non-hydrogen) atoms. The van der Waals surface area contributed by atoms with Gasteiger partial charge in [-0.2, -0.15) is 0 Å². The second kappa shape index (κ2) is 8.30. The van der Waals surface area contributed by atoms with Crippen molar-refractivity contribution in [1.82, 2.24) is 10.6 Å². The third-order valence-electron chi connectivity index (χ3n) is 5.46. The van der Waals surface area contributed by atoms with Crippen LogP contribution in [0, 0.1) is 11.3 Å². The Balaban J connectivity index is 1.71. The minimum atomic E-state index is -0.279. The van der Waals surface area contributed by atoms with E-state index in [2.05, 4.69) is 24.5 Å². The topological polar surface area (TPSA) is 50.4 Å². The van der Waals surface area contributed by atoms with Gasteiger partial charge in [0.2, 0.25) is 5.91 Å². The zero-order chi connectivity index (χ0) is 16.0. The molecule has 0 aromatic rings. The van der Waals surface area contributed by atoms with Gasteiger partial charge in [0, 0.05) is 25.1 Å². The van der Waals surface area contributed by atoms with Crippen molar-refractivity contribution in [3.63, 3.8) is 0 Å². The molecule has 1 atom stereocenters. The van der Waals surface area contributed by atoms with E-state index in [-0.39, 0.29) is 11.3 Å². The largest absolute Gasteiger partial charge is 0.381 e. The van der Waals surface area contributed by atoms with Crippen molar-refractivity contribution in [3.05, 3.63) is 0 Å². The highest BCUT2D eigenvalue weighted by molar-refractivity contribution is 5.81. The summed E-state index contributed by atoms with van der Waals surface area (Å²) in [7, 11) is 1.80. The summed E-state index contributed by atoms with van der Waals surface area (Å²) in [6.45, 7) is 6.10.